The van der Waals surface area contributed by atoms with Crippen molar-refractivity contribution in [1.82, 2.24) is 19.8 Å². The first-order valence-electron chi connectivity index (χ1n) is 21.6. The third-order valence-corrected chi connectivity index (χ3v) is 13.5. The van der Waals surface area contributed by atoms with Crippen molar-refractivity contribution < 1.29 is 48.0 Å². The van der Waals surface area contributed by atoms with Crippen molar-refractivity contribution in [2.24, 2.45) is 33.8 Å². The van der Waals surface area contributed by atoms with Gasteiger partial charge in [0.2, 0.25) is 0 Å². The first kappa shape index (κ1) is 44.3. The van der Waals surface area contributed by atoms with Gasteiger partial charge in [-0.2, -0.15) is 0 Å². The highest BCUT2D eigenvalue weighted by atomic mass is 16.7. The summed E-state index contributed by atoms with van der Waals surface area (Å²) in [5, 5.41) is 16.4. The second-order valence-corrected chi connectivity index (χ2v) is 18.2. The van der Waals surface area contributed by atoms with Crippen LogP contribution in [0, 0.1) is 23.7 Å². The molecule has 5 aliphatic rings. The molecule has 0 aromatic carbocycles. The maximum absolute atomic E-state index is 14.6. The van der Waals surface area contributed by atoms with Crippen molar-refractivity contribution >= 4 is 34.5 Å². The number of oxime groups is 1. The standard InChI is InChI=1S/C44H64N6O10/c1-11-33-44(8)38-26(4)34(47-17-18-50(38)42(53)60-44)24(2)20-43(7)39(59-41-36(51)32(49(9)10)19-25(3)57-41)27(5)37(28(6)40(52)58-33)54-22-30(23-55-43)48-56-21-29-14-16-45-31-13-12-15-46-35(29)31/h12-16,24-28,32-33,36-39,41,51H,11,17-23H2,1-10H3/b48-30+/t24-,25+,26+,27+,28-,32-,33-,36+,37+,38-,39-,41-,43-,44-/m1/s1. The number of carbonyl (C=O) groups excluding carboxylic acids is 2. The molecule has 16 heteroatoms. The van der Waals surface area contributed by atoms with E-state index in [0.717, 1.165) is 22.3 Å². The number of hydrogen-bond donors (Lipinski definition) is 1. The van der Waals surface area contributed by atoms with Gasteiger partial charge in [-0.3, -0.25) is 24.7 Å². The number of aliphatic hydroxyl groups excluding tert-OH is 1. The van der Waals surface area contributed by atoms with E-state index in [4.69, 9.17) is 38.3 Å². The molecule has 4 bridgehead atoms. The summed E-state index contributed by atoms with van der Waals surface area (Å²) in [5.41, 5.74) is 1.42. The van der Waals surface area contributed by atoms with Crippen LogP contribution in [0.1, 0.15) is 80.2 Å². The van der Waals surface area contributed by atoms with E-state index >= 15 is 0 Å². The molecule has 1 N–H and O–H groups in total. The average molecular weight is 837 g/mol. The van der Waals surface area contributed by atoms with E-state index in [9.17, 15) is 14.7 Å². The summed E-state index contributed by atoms with van der Waals surface area (Å²) in [7, 11) is 3.87. The number of esters is 1. The van der Waals surface area contributed by atoms with E-state index in [-0.39, 0.29) is 43.8 Å². The van der Waals surface area contributed by atoms with Crippen molar-refractivity contribution in [1.29, 1.82) is 0 Å². The van der Waals surface area contributed by atoms with Gasteiger partial charge in [-0.05, 0) is 85.2 Å². The number of ether oxygens (including phenoxy) is 6. The zero-order chi connectivity index (χ0) is 43.1. The molecule has 0 radical (unpaired) electrons. The van der Waals surface area contributed by atoms with Crippen molar-refractivity contribution in [3.63, 3.8) is 0 Å². The maximum Gasteiger partial charge on any atom is 0.410 e. The lowest BCUT2D eigenvalue weighted by Gasteiger charge is -2.48. The molecule has 0 aliphatic carbocycles. The minimum atomic E-state index is -1.14. The van der Waals surface area contributed by atoms with E-state index in [0.29, 0.717) is 38.1 Å². The maximum atomic E-state index is 14.6. The van der Waals surface area contributed by atoms with Crippen LogP contribution in [0.5, 0.6) is 0 Å². The lowest BCUT2D eigenvalue weighted by Crippen LogP contribution is -2.60. The molecule has 2 aromatic rings. The predicted octanol–water partition coefficient (Wildman–Crippen LogP) is 4.79. The Morgan fingerprint density at radius 2 is 1.83 bits per heavy atom. The van der Waals surface area contributed by atoms with Crippen LogP contribution in [0.25, 0.3) is 11.0 Å². The lowest BCUT2D eigenvalue weighted by atomic mass is 9.72. The molecular formula is C44H64N6O10. The third kappa shape index (κ3) is 8.52. The number of cyclic esters (lactones) is 1. The van der Waals surface area contributed by atoms with Gasteiger partial charge in [0.15, 0.2) is 11.9 Å². The normalized spacial score (nSPS) is 39.9. The molecule has 16 nitrogen and oxygen atoms in total. The number of likely N-dealkylation sites (N-methyl/N-ethyl adjacent to an activating group) is 1. The number of aromatic nitrogens is 2. The highest BCUT2D eigenvalue weighted by molar-refractivity contribution is 5.91. The summed E-state index contributed by atoms with van der Waals surface area (Å²) in [6.45, 7) is 16.7. The van der Waals surface area contributed by atoms with Crippen LogP contribution in [0.4, 0.5) is 4.79 Å². The number of pyridine rings is 2. The molecule has 1 amide bonds. The molecule has 4 fully saturated rings. The molecule has 2 aromatic heterocycles. The van der Waals surface area contributed by atoms with Crippen molar-refractivity contribution in [3.8, 4) is 0 Å². The second kappa shape index (κ2) is 17.9. The molecule has 0 unspecified atom stereocenters. The third-order valence-electron chi connectivity index (χ3n) is 13.5. The molecule has 7 rings (SSSR count). The number of carbonyl (C=O) groups is 2. The topological polar surface area (TPSA) is 176 Å². The summed E-state index contributed by atoms with van der Waals surface area (Å²) >= 11 is 0. The Hall–Kier alpha value is -3.80. The minimum absolute atomic E-state index is 0.0122. The minimum Gasteiger partial charge on any atom is -0.458 e. The van der Waals surface area contributed by atoms with Gasteiger partial charge in [0.25, 0.3) is 0 Å². The van der Waals surface area contributed by atoms with Gasteiger partial charge in [-0.25, -0.2) is 4.79 Å². The molecular weight excluding hydrogens is 773 g/mol. The number of amides is 1. The predicted molar refractivity (Wildman–Crippen MR) is 222 cm³/mol. The highest BCUT2D eigenvalue weighted by Gasteiger charge is 2.60. The fourth-order valence-electron chi connectivity index (χ4n) is 10.6. The molecule has 60 heavy (non-hydrogen) atoms. The molecule has 0 saturated carbocycles. The zero-order valence-electron chi connectivity index (χ0n) is 36.8. The number of fused-ring (bicyclic) bond motifs is 5. The Morgan fingerprint density at radius 3 is 2.58 bits per heavy atom. The van der Waals surface area contributed by atoms with Crippen molar-refractivity contribution in [2.45, 2.75) is 141 Å². The van der Waals surface area contributed by atoms with E-state index < -0.39 is 71.8 Å². The lowest BCUT2D eigenvalue weighted by molar-refractivity contribution is -0.302. The molecule has 7 heterocycles. The van der Waals surface area contributed by atoms with Gasteiger partial charge in [-0.1, -0.05) is 32.9 Å². The fraction of sp³-hybridized carbons (Fsp3) is 0.727. The van der Waals surface area contributed by atoms with E-state index in [1.54, 1.807) is 24.2 Å². The molecule has 0 spiro atoms. The molecule has 330 valence electrons. The number of aliphatic imine (C=N–C) groups is 1. The van der Waals surface area contributed by atoms with Crippen molar-refractivity contribution in [2.75, 3.05) is 40.4 Å². The van der Waals surface area contributed by atoms with Gasteiger partial charge in [0.1, 0.15) is 24.5 Å². The van der Waals surface area contributed by atoms with Crippen LogP contribution in [0.2, 0.25) is 0 Å². The first-order valence-corrected chi connectivity index (χ1v) is 21.6. The van der Waals surface area contributed by atoms with E-state index in [1.165, 1.54) is 0 Å². The first-order chi connectivity index (χ1) is 28.6. The largest absolute Gasteiger partial charge is 0.458 e. The molecule has 14 atom stereocenters. The summed E-state index contributed by atoms with van der Waals surface area (Å²) in [4.78, 5) is 51.9. The Balaban J connectivity index is 1.31. The van der Waals surface area contributed by atoms with E-state index in [1.807, 2.05) is 71.8 Å². The smallest absolute Gasteiger partial charge is 0.410 e. The highest BCUT2D eigenvalue weighted by Crippen LogP contribution is 2.45. The van der Waals surface area contributed by atoms with Gasteiger partial charge >= 0.3 is 12.1 Å². The summed E-state index contributed by atoms with van der Waals surface area (Å²) < 4.78 is 39.9. The van der Waals surface area contributed by atoms with Crippen LogP contribution in [-0.2, 0) is 44.7 Å². The molecule has 4 saturated heterocycles. The summed E-state index contributed by atoms with van der Waals surface area (Å²) in [5.74, 6) is -2.29. The quantitative estimate of drug-likeness (QED) is 0.298. The number of nitrogens with zero attached hydrogens (tertiary/aromatic N) is 6. The van der Waals surface area contributed by atoms with Gasteiger partial charge in [0, 0.05) is 48.1 Å². The average Bonchev–Trinajstić information content (AvgIpc) is 3.36. The fourth-order valence-corrected chi connectivity index (χ4v) is 10.6. The van der Waals surface area contributed by atoms with Crippen molar-refractivity contribution in [3.05, 3.63) is 36.2 Å². The number of rotatable bonds is 7. The number of hydrogen-bond acceptors (Lipinski definition) is 15. The SMILES string of the molecule is CC[C@H]1OC(=O)[C@H](C)[C@H]2OC/C(=N\OCc3ccnc4cccnc34)CO[C@](C)(C[C@@H](C)C3=NCCN4C(=O)O[C@@]1(C)[C@H]4[C@H]3C)[C@H](O[C@H]1O[C@@H](C)C[C@@H](N(C)C)[C@@H]1O)[C@H]2C. The van der Waals surface area contributed by atoms with Crippen LogP contribution in [-0.4, -0.2) is 149 Å². The van der Waals surface area contributed by atoms with Gasteiger partial charge in [0.05, 0.1) is 66.7 Å². The number of aliphatic hydroxyl groups is 1. The van der Waals surface area contributed by atoms with Crippen LogP contribution >= 0.6 is 0 Å². The zero-order valence-corrected chi connectivity index (χ0v) is 36.8. The Morgan fingerprint density at radius 1 is 1.05 bits per heavy atom. The van der Waals surface area contributed by atoms with Gasteiger partial charge in [-0.15, -0.1) is 0 Å². The molecule has 5 aliphatic heterocycles. The van der Waals surface area contributed by atoms with Crippen LogP contribution in [0.15, 0.2) is 40.7 Å². The van der Waals surface area contributed by atoms with Crippen LogP contribution < -0.4 is 0 Å². The Kier molecular flexibility index (Phi) is 13.2. The summed E-state index contributed by atoms with van der Waals surface area (Å²) in [6.07, 6.45) is -0.0710. The Bertz CT molecular complexity index is 1930. The second-order valence-electron chi connectivity index (χ2n) is 18.2. The Labute approximate surface area is 353 Å². The van der Waals surface area contributed by atoms with E-state index in [2.05, 4.69) is 29.0 Å². The van der Waals surface area contributed by atoms with Crippen LogP contribution in [0.3, 0.4) is 0 Å². The summed E-state index contributed by atoms with van der Waals surface area (Å²) in [6, 6.07) is 4.92. The monoisotopic (exact) mass is 836 g/mol. The van der Waals surface area contributed by atoms with Gasteiger partial charge < -0.3 is 43.3 Å².